The second kappa shape index (κ2) is 2.85. The van der Waals surface area contributed by atoms with Crippen LogP contribution in [-0.4, -0.2) is 17.4 Å². The summed E-state index contributed by atoms with van der Waals surface area (Å²) in [6.45, 7) is 0.846. The number of rotatable bonds is 0. The Hall–Kier alpha value is -0.530. The van der Waals surface area contributed by atoms with E-state index in [4.69, 9.17) is 0 Å². The molecule has 9 heavy (non-hydrogen) atoms. The summed E-state index contributed by atoms with van der Waals surface area (Å²) in [4.78, 5) is 12.5. The number of likely N-dealkylation sites (tertiary alicyclic amines) is 1. The van der Waals surface area contributed by atoms with Crippen LogP contribution < -0.4 is 0 Å². The molecule has 0 N–H and O–H groups in total. The van der Waals surface area contributed by atoms with Crippen LogP contribution in [-0.2, 0) is 4.79 Å². The first-order valence-corrected chi connectivity index (χ1v) is 3.41. The lowest BCUT2D eigenvalue weighted by atomic mass is 10.2. The molecular weight excluding hydrogens is 114 g/mol. The van der Waals surface area contributed by atoms with Gasteiger partial charge in [-0.2, -0.15) is 0 Å². The van der Waals surface area contributed by atoms with Crippen LogP contribution in [0.1, 0.15) is 25.7 Å². The van der Waals surface area contributed by atoms with Gasteiger partial charge >= 0.3 is 0 Å². The maximum atomic E-state index is 10.9. The van der Waals surface area contributed by atoms with E-state index in [2.05, 4.69) is 7.05 Å². The van der Waals surface area contributed by atoms with Crippen LogP contribution in [0.15, 0.2) is 0 Å². The van der Waals surface area contributed by atoms with Gasteiger partial charge in [0.2, 0.25) is 5.91 Å². The van der Waals surface area contributed by atoms with Crippen molar-refractivity contribution in [2.75, 3.05) is 6.54 Å². The molecule has 1 aliphatic heterocycles. The molecule has 1 heterocycles. The molecule has 0 saturated carbocycles. The van der Waals surface area contributed by atoms with Crippen molar-refractivity contribution in [3.63, 3.8) is 0 Å². The van der Waals surface area contributed by atoms with Gasteiger partial charge in [0.05, 0.1) is 0 Å². The number of amides is 1. The SMILES string of the molecule is [CH2]N1CCCCCC1=O. The number of hydrogen-bond acceptors (Lipinski definition) is 1. The van der Waals surface area contributed by atoms with E-state index < -0.39 is 0 Å². The average Bonchev–Trinajstić information content (AvgIpc) is 1.99. The Morgan fingerprint density at radius 2 is 2.11 bits per heavy atom. The van der Waals surface area contributed by atoms with Crippen LogP contribution in [0.2, 0.25) is 0 Å². The molecule has 2 heteroatoms. The van der Waals surface area contributed by atoms with Crippen LogP contribution in [0.3, 0.4) is 0 Å². The first kappa shape index (κ1) is 6.59. The van der Waals surface area contributed by atoms with Crippen LogP contribution in [0.25, 0.3) is 0 Å². The lowest BCUT2D eigenvalue weighted by Gasteiger charge is -2.11. The van der Waals surface area contributed by atoms with Crippen molar-refractivity contribution < 1.29 is 4.79 Å². The fourth-order valence-corrected chi connectivity index (χ4v) is 1.04. The minimum atomic E-state index is 0.201. The Balaban J connectivity index is 2.41. The fourth-order valence-electron chi connectivity index (χ4n) is 1.04. The molecule has 2 nitrogen and oxygen atoms in total. The topological polar surface area (TPSA) is 20.3 Å². The maximum absolute atomic E-state index is 10.9. The highest BCUT2D eigenvalue weighted by Crippen LogP contribution is 2.09. The van der Waals surface area contributed by atoms with E-state index in [1.54, 1.807) is 4.90 Å². The molecule has 0 aromatic rings. The second-order valence-electron chi connectivity index (χ2n) is 2.47. The monoisotopic (exact) mass is 126 g/mol. The Bertz CT molecular complexity index is 111. The molecule has 0 unspecified atom stereocenters. The smallest absolute Gasteiger partial charge is 0.222 e. The minimum Gasteiger partial charge on any atom is -0.341 e. The van der Waals surface area contributed by atoms with Gasteiger partial charge in [-0.25, -0.2) is 0 Å². The van der Waals surface area contributed by atoms with E-state index >= 15 is 0 Å². The quantitative estimate of drug-likeness (QED) is 0.477. The summed E-state index contributed by atoms with van der Waals surface area (Å²) >= 11 is 0. The molecule has 0 aromatic carbocycles. The molecule has 0 aromatic heterocycles. The predicted molar refractivity (Wildman–Crippen MR) is 35.5 cm³/mol. The van der Waals surface area contributed by atoms with Crippen LogP contribution in [0, 0.1) is 7.05 Å². The highest BCUT2D eigenvalue weighted by atomic mass is 16.2. The fraction of sp³-hybridized carbons (Fsp3) is 0.714. The van der Waals surface area contributed by atoms with E-state index in [-0.39, 0.29) is 5.91 Å². The van der Waals surface area contributed by atoms with Gasteiger partial charge in [-0.3, -0.25) is 4.79 Å². The van der Waals surface area contributed by atoms with Crippen LogP contribution in [0.4, 0.5) is 0 Å². The average molecular weight is 126 g/mol. The van der Waals surface area contributed by atoms with Gasteiger partial charge in [0, 0.05) is 20.0 Å². The van der Waals surface area contributed by atoms with Crippen LogP contribution >= 0.6 is 0 Å². The van der Waals surface area contributed by atoms with Crippen molar-refractivity contribution in [3.05, 3.63) is 7.05 Å². The minimum absolute atomic E-state index is 0.201. The van der Waals surface area contributed by atoms with Gasteiger partial charge in [-0.1, -0.05) is 6.42 Å². The molecule has 1 aliphatic rings. The van der Waals surface area contributed by atoms with Gasteiger partial charge in [-0.05, 0) is 12.8 Å². The lowest BCUT2D eigenvalue weighted by Crippen LogP contribution is -2.22. The van der Waals surface area contributed by atoms with Crippen molar-refractivity contribution in [3.8, 4) is 0 Å². The Morgan fingerprint density at radius 1 is 1.33 bits per heavy atom. The van der Waals surface area contributed by atoms with Crippen LogP contribution in [0.5, 0.6) is 0 Å². The number of hydrogen-bond donors (Lipinski definition) is 0. The summed E-state index contributed by atoms with van der Waals surface area (Å²) in [5.41, 5.74) is 0. The predicted octanol–water partition coefficient (Wildman–Crippen LogP) is 1.18. The normalized spacial score (nSPS) is 21.9. The zero-order valence-corrected chi connectivity index (χ0v) is 5.60. The number of carbonyl (C=O) groups excluding carboxylic acids is 1. The zero-order chi connectivity index (χ0) is 6.69. The molecule has 0 atom stereocenters. The Labute approximate surface area is 55.8 Å². The van der Waals surface area contributed by atoms with E-state index in [9.17, 15) is 4.79 Å². The van der Waals surface area contributed by atoms with Gasteiger partial charge in [0.1, 0.15) is 0 Å². The summed E-state index contributed by atoms with van der Waals surface area (Å²) in [5, 5.41) is 0. The number of carbonyl (C=O) groups is 1. The third-order valence-corrected chi connectivity index (χ3v) is 1.67. The van der Waals surface area contributed by atoms with E-state index in [1.807, 2.05) is 0 Å². The summed E-state index contributed by atoms with van der Waals surface area (Å²) in [7, 11) is 3.62. The summed E-state index contributed by atoms with van der Waals surface area (Å²) in [5.74, 6) is 0.201. The Kier molecular flexibility index (Phi) is 2.09. The molecule has 1 radical (unpaired) electrons. The van der Waals surface area contributed by atoms with Crippen molar-refractivity contribution in [1.82, 2.24) is 4.90 Å². The molecule has 1 amide bonds. The molecule has 1 saturated heterocycles. The molecule has 51 valence electrons. The molecule has 1 fully saturated rings. The van der Waals surface area contributed by atoms with Gasteiger partial charge in [0.25, 0.3) is 0 Å². The van der Waals surface area contributed by atoms with Crippen molar-refractivity contribution in [2.24, 2.45) is 0 Å². The summed E-state index contributed by atoms with van der Waals surface area (Å²) in [6.07, 6.45) is 4.04. The molecule has 0 bridgehead atoms. The first-order valence-electron chi connectivity index (χ1n) is 3.41. The highest BCUT2D eigenvalue weighted by Gasteiger charge is 2.10. The van der Waals surface area contributed by atoms with Gasteiger partial charge < -0.3 is 4.90 Å². The molecule has 1 rings (SSSR count). The summed E-state index contributed by atoms with van der Waals surface area (Å²) < 4.78 is 0. The maximum Gasteiger partial charge on any atom is 0.222 e. The first-order chi connectivity index (χ1) is 4.30. The Morgan fingerprint density at radius 3 is 2.89 bits per heavy atom. The van der Waals surface area contributed by atoms with Gasteiger partial charge in [0.15, 0.2) is 0 Å². The van der Waals surface area contributed by atoms with Crippen molar-refractivity contribution in [2.45, 2.75) is 25.7 Å². The largest absolute Gasteiger partial charge is 0.341 e. The van der Waals surface area contributed by atoms with E-state index in [0.717, 1.165) is 19.4 Å². The third-order valence-electron chi connectivity index (χ3n) is 1.67. The van der Waals surface area contributed by atoms with E-state index in [0.29, 0.717) is 6.42 Å². The van der Waals surface area contributed by atoms with Crippen molar-refractivity contribution in [1.29, 1.82) is 0 Å². The molecule has 0 aliphatic carbocycles. The highest BCUT2D eigenvalue weighted by molar-refractivity contribution is 5.76. The zero-order valence-electron chi connectivity index (χ0n) is 5.60. The molecular formula is C7H12NO. The number of nitrogens with zero attached hydrogens (tertiary/aromatic N) is 1. The van der Waals surface area contributed by atoms with Crippen molar-refractivity contribution >= 4 is 5.91 Å². The van der Waals surface area contributed by atoms with E-state index in [1.165, 1.54) is 6.42 Å². The molecule has 0 spiro atoms. The second-order valence-corrected chi connectivity index (χ2v) is 2.47. The van der Waals surface area contributed by atoms with Gasteiger partial charge in [-0.15, -0.1) is 0 Å². The third kappa shape index (κ3) is 1.70. The lowest BCUT2D eigenvalue weighted by molar-refractivity contribution is -0.128. The standard InChI is InChI=1S/C7H12NO/c1-8-6-4-2-3-5-7(8)9/h1-6H2. The summed E-state index contributed by atoms with van der Waals surface area (Å²) in [6, 6.07) is 0.